The smallest absolute Gasteiger partial charge is 0.283 e. The van der Waals surface area contributed by atoms with Crippen molar-refractivity contribution in [3.63, 3.8) is 0 Å². The molecule has 1 aromatic heterocycles. The summed E-state index contributed by atoms with van der Waals surface area (Å²) in [6.07, 6.45) is 4.19. The lowest BCUT2D eigenvalue weighted by molar-refractivity contribution is 0.266. The summed E-state index contributed by atoms with van der Waals surface area (Å²) < 4.78 is 1.70. The molecule has 0 unspecified atom stereocenters. The Balaban J connectivity index is 1.92. The second-order valence-corrected chi connectivity index (χ2v) is 5.56. The van der Waals surface area contributed by atoms with Crippen molar-refractivity contribution >= 4 is 21.6 Å². The van der Waals surface area contributed by atoms with Gasteiger partial charge in [0.05, 0.1) is 25.0 Å². The molecule has 0 spiro atoms. The standard InChI is InChI=1S/C12H19BrN4O2/c1-16(9-2-3-9)5-4-14-10-8-15-17(6-7-18)12(19)11(10)13/h8-9,14,18H,2-7H2,1H3. The summed E-state index contributed by atoms with van der Waals surface area (Å²) >= 11 is 3.28. The second kappa shape index (κ2) is 6.49. The summed E-state index contributed by atoms with van der Waals surface area (Å²) in [6, 6.07) is 0.737. The highest BCUT2D eigenvalue weighted by molar-refractivity contribution is 9.10. The first-order chi connectivity index (χ1) is 9.13. The van der Waals surface area contributed by atoms with Crippen LogP contribution in [0.3, 0.4) is 0 Å². The Hall–Kier alpha value is -0.920. The molecule has 0 amide bonds. The Kier molecular flexibility index (Phi) is 4.95. The molecule has 0 bridgehead atoms. The first-order valence-corrected chi connectivity index (χ1v) is 7.23. The zero-order valence-electron chi connectivity index (χ0n) is 11.0. The molecule has 6 nitrogen and oxygen atoms in total. The number of aliphatic hydroxyl groups excluding tert-OH is 1. The van der Waals surface area contributed by atoms with Crippen LogP contribution in [0.1, 0.15) is 12.8 Å². The monoisotopic (exact) mass is 330 g/mol. The Morgan fingerprint density at radius 1 is 1.63 bits per heavy atom. The molecular weight excluding hydrogens is 312 g/mol. The lowest BCUT2D eigenvalue weighted by atomic mass is 10.4. The van der Waals surface area contributed by atoms with Gasteiger partial charge in [-0.15, -0.1) is 0 Å². The van der Waals surface area contributed by atoms with Gasteiger partial charge < -0.3 is 15.3 Å². The van der Waals surface area contributed by atoms with Gasteiger partial charge in [-0.1, -0.05) is 0 Å². The van der Waals surface area contributed by atoms with Crippen LogP contribution in [-0.2, 0) is 6.54 Å². The van der Waals surface area contributed by atoms with Crippen LogP contribution in [0.2, 0.25) is 0 Å². The van der Waals surface area contributed by atoms with Crippen LogP contribution in [0.15, 0.2) is 15.5 Å². The van der Waals surface area contributed by atoms with Crippen molar-refractivity contribution in [2.24, 2.45) is 0 Å². The normalized spacial score (nSPS) is 14.9. The van der Waals surface area contributed by atoms with Crippen molar-refractivity contribution in [3.05, 3.63) is 21.0 Å². The van der Waals surface area contributed by atoms with Gasteiger partial charge in [-0.05, 0) is 35.8 Å². The van der Waals surface area contributed by atoms with Gasteiger partial charge in [0, 0.05) is 19.1 Å². The molecule has 1 heterocycles. The number of nitrogens with zero attached hydrogens (tertiary/aromatic N) is 3. The van der Waals surface area contributed by atoms with E-state index in [9.17, 15) is 4.79 Å². The number of aromatic nitrogens is 2. The minimum Gasteiger partial charge on any atom is -0.394 e. The average molecular weight is 331 g/mol. The SMILES string of the molecule is CN(CCNc1cnn(CCO)c(=O)c1Br)C1CC1. The molecule has 0 radical (unpaired) electrons. The lowest BCUT2D eigenvalue weighted by Gasteiger charge is -2.16. The fraction of sp³-hybridized carbons (Fsp3) is 0.667. The Bertz CT molecular complexity index is 487. The molecule has 1 saturated carbocycles. The van der Waals surface area contributed by atoms with E-state index in [0.29, 0.717) is 10.2 Å². The molecule has 1 fully saturated rings. The van der Waals surface area contributed by atoms with Crippen LogP contribution in [0.25, 0.3) is 0 Å². The van der Waals surface area contributed by atoms with Gasteiger partial charge >= 0.3 is 0 Å². The molecule has 0 aliphatic heterocycles. The summed E-state index contributed by atoms with van der Waals surface area (Å²) in [4.78, 5) is 14.2. The van der Waals surface area contributed by atoms with E-state index in [0.717, 1.165) is 19.1 Å². The molecule has 2 rings (SSSR count). The average Bonchev–Trinajstić information content (AvgIpc) is 3.22. The third-order valence-corrected chi connectivity index (χ3v) is 4.01. The van der Waals surface area contributed by atoms with E-state index < -0.39 is 0 Å². The third-order valence-electron chi connectivity index (χ3n) is 3.25. The zero-order chi connectivity index (χ0) is 13.8. The van der Waals surface area contributed by atoms with E-state index in [2.05, 4.69) is 38.3 Å². The van der Waals surface area contributed by atoms with Crippen molar-refractivity contribution in [2.45, 2.75) is 25.4 Å². The Morgan fingerprint density at radius 2 is 2.37 bits per heavy atom. The summed E-state index contributed by atoms with van der Waals surface area (Å²) in [5, 5.41) is 16.1. The summed E-state index contributed by atoms with van der Waals surface area (Å²) in [6.45, 7) is 1.83. The minimum absolute atomic E-state index is 0.0989. The highest BCUT2D eigenvalue weighted by Crippen LogP contribution is 2.24. The van der Waals surface area contributed by atoms with E-state index in [4.69, 9.17) is 5.11 Å². The maximum Gasteiger partial charge on any atom is 0.283 e. The molecule has 1 aromatic rings. The number of halogens is 1. The molecule has 0 saturated heterocycles. The molecule has 0 aromatic carbocycles. The van der Waals surface area contributed by atoms with E-state index in [1.807, 2.05) is 0 Å². The third kappa shape index (κ3) is 3.77. The molecule has 0 atom stereocenters. The van der Waals surface area contributed by atoms with Crippen molar-refractivity contribution in [1.82, 2.24) is 14.7 Å². The number of hydrogen-bond acceptors (Lipinski definition) is 5. The van der Waals surface area contributed by atoms with Gasteiger partial charge in [-0.3, -0.25) is 4.79 Å². The molecule has 19 heavy (non-hydrogen) atoms. The van der Waals surface area contributed by atoms with Crippen molar-refractivity contribution < 1.29 is 5.11 Å². The maximum atomic E-state index is 11.9. The predicted octanol–water partition coefficient (Wildman–Crippen LogP) is 0.504. The number of rotatable bonds is 7. The van der Waals surface area contributed by atoms with Gasteiger partial charge in [0.1, 0.15) is 4.47 Å². The Labute approximate surface area is 120 Å². The van der Waals surface area contributed by atoms with E-state index in [-0.39, 0.29) is 18.7 Å². The quantitative estimate of drug-likeness (QED) is 0.762. The van der Waals surface area contributed by atoms with Crippen LogP contribution in [0.5, 0.6) is 0 Å². The molecule has 1 aliphatic rings. The predicted molar refractivity (Wildman–Crippen MR) is 77.4 cm³/mol. The summed E-state index contributed by atoms with van der Waals surface area (Å²) in [7, 11) is 2.12. The topological polar surface area (TPSA) is 70.4 Å². The second-order valence-electron chi connectivity index (χ2n) is 4.76. The van der Waals surface area contributed by atoms with Gasteiger partial charge in [-0.2, -0.15) is 5.10 Å². The van der Waals surface area contributed by atoms with E-state index >= 15 is 0 Å². The van der Waals surface area contributed by atoms with Gasteiger partial charge in [0.15, 0.2) is 0 Å². The van der Waals surface area contributed by atoms with Crippen LogP contribution < -0.4 is 10.9 Å². The van der Waals surface area contributed by atoms with E-state index in [1.165, 1.54) is 17.5 Å². The maximum absolute atomic E-state index is 11.9. The van der Waals surface area contributed by atoms with Crippen LogP contribution in [0, 0.1) is 0 Å². The molecule has 2 N–H and O–H groups in total. The van der Waals surface area contributed by atoms with Crippen molar-refractivity contribution in [3.8, 4) is 0 Å². The minimum atomic E-state index is -0.227. The molecule has 7 heteroatoms. The fourth-order valence-electron chi connectivity index (χ4n) is 1.91. The first kappa shape index (κ1) is 14.5. The lowest BCUT2D eigenvalue weighted by Crippen LogP contribution is -2.29. The number of anilines is 1. The highest BCUT2D eigenvalue weighted by atomic mass is 79.9. The van der Waals surface area contributed by atoms with Crippen LogP contribution in [0.4, 0.5) is 5.69 Å². The highest BCUT2D eigenvalue weighted by Gasteiger charge is 2.25. The number of aliphatic hydroxyl groups is 1. The number of likely N-dealkylation sites (N-methyl/N-ethyl adjacent to an activating group) is 1. The summed E-state index contributed by atoms with van der Waals surface area (Å²) in [5.41, 5.74) is 0.470. The molecular formula is C12H19BrN4O2. The van der Waals surface area contributed by atoms with Gasteiger partial charge in [0.2, 0.25) is 0 Å². The van der Waals surface area contributed by atoms with Crippen molar-refractivity contribution in [2.75, 3.05) is 32.1 Å². The number of nitrogens with one attached hydrogen (secondary N) is 1. The molecule has 1 aliphatic carbocycles. The van der Waals surface area contributed by atoms with E-state index in [1.54, 1.807) is 6.20 Å². The molecule has 106 valence electrons. The van der Waals surface area contributed by atoms with Crippen molar-refractivity contribution in [1.29, 1.82) is 0 Å². The van der Waals surface area contributed by atoms with Gasteiger partial charge in [0.25, 0.3) is 5.56 Å². The number of hydrogen-bond donors (Lipinski definition) is 2. The fourth-order valence-corrected chi connectivity index (χ4v) is 2.35. The largest absolute Gasteiger partial charge is 0.394 e. The summed E-state index contributed by atoms with van der Waals surface area (Å²) in [5.74, 6) is 0. The Morgan fingerprint density at radius 3 is 3.00 bits per heavy atom. The zero-order valence-corrected chi connectivity index (χ0v) is 12.6. The first-order valence-electron chi connectivity index (χ1n) is 6.44. The van der Waals surface area contributed by atoms with Gasteiger partial charge in [-0.25, -0.2) is 4.68 Å². The van der Waals surface area contributed by atoms with Crippen LogP contribution >= 0.6 is 15.9 Å². The van der Waals surface area contributed by atoms with Crippen LogP contribution in [-0.4, -0.2) is 52.6 Å².